The molecule has 0 atom stereocenters. The van der Waals surface area contributed by atoms with Crippen molar-refractivity contribution < 1.29 is 9.59 Å². The van der Waals surface area contributed by atoms with Gasteiger partial charge in [0.25, 0.3) is 11.8 Å². The predicted molar refractivity (Wildman–Crippen MR) is 117 cm³/mol. The average molecular weight is 388 g/mol. The molecule has 3 rings (SSSR count). The fourth-order valence-corrected chi connectivity index (χ4v) is 2.81. The van der Waals surface area contributed by atoms with Gasteiger partial charge in [-0.15, -0.1) is 0 Å². The van der Waals surface area contributed by atoms with E-state index in [2.05, 4.69) is 15.6 Å². The van der Waals surface area contributed by atoms with Crippen LogP contribution in [0.3, 0.4) is 0 Å². The van der Waals surface area contributed by atoms with Crippen LogP contribution in [0.1, 0.15) is 32.0 Å². The molecule has 2 amide bonds. The van der Waals surface area contributed by atoms with Crippen molar-refractivity contribution in [2.45, 2.75) is 13.8 Å². The minimum absolute atomic E-state index is 0.176. The van der Waals surface area contributed by atoms with Crippen LogP contribution in [0.15, 0.2) is 60.8 Å². The van der Waals surface area contributed by atoms with E-state index in [9.17, 15) is 9.59 Å². The number of nitrogens with one attached hydrogen (secondary N) is 2. The topological polar surface area (TPSA) is 74.3 Å². The highest BCUT2D eigenvalue weighted by Crippen LogP contribution is 2.19. The van der Waals surface area contributed by atoms with Gasteiger partial charge in [-0.1, -0.05) is 12.1 Å². The smallest absolute Gasteiger partial charge is 0.274 e. The van der Waals surface area contributed by atoms with E-state index in [0.29, 0.717) is 11.3 Å². The Morgan fingerprint density at radius 2 is 1.62 bits per heavy atom. The molecule has 0 spiro atoms. The van der Waals surface area contributed by atoms with Crippen molar-refractivity contribution in [1.82, 2.24) is 4.98 Å². The molecule has 0 aliphatic heterocycles. The van der Waals surface area contributed by atoms with Gasteiger partial charge in [-0.2, -0.15) is 0 Å². The van der Waals surface area contributed by atoms with Crippen molar-refractivity contribution in [1.29, 1.82) is 0 Å². The van der Waals surface area contributed by atoms with E-state index in [-0.39, 0.29) is 17.5 Å². The molecule has 3 aromatic rings. The molecular formula is C23H24N4O2. The largest absolute Gasteiger partial charge is 0.378 e. The summed E-state index contributed by atoms with van der Waals surface area (Å²) in [5, 5.41) is 5.70. The van der Waals surface area contributed by atoms with E-state index in [0.717, 1.165) is 22.5 Å². The molecule has 0 aliphatic carbocycles. The molecule has 29 heavy (non-hydrogen) atoms. The Bertz CT molecular complexity index is 1040. The van der Waals surface area contributed by atoms with Crippen molar-refractivity contribution >= 4 is 28.9 Å². The third kappa shape index (κ3) is 4.79. The molecule has 0 aliphatic rings. The zero-order valence-electron chi connectivity index (χ0n) is 17.0. The Morgan fingerprint density at radius 1 is 0.897 bits per heavy atom. The number of hydrogen-bond acceptors (Lipinski definition) is 4. The Kier molecular flexibility index (Phi) is 5.93. The van der Waals surface area contributed by atoms with Crippen molar-refractivity contribution in [3.8, 4) is 0 Å². The molecule has 1 aromatic heterocycles. The van der Waals surface area contributed by atoms with Crippen LogP contribution in [0.5, 0.6) is 0 Å². The number of hydrogen-bond donors (Lipinski definition) is 2. The first-order valence-electron chi connectivity index (χ1n) is 9.27. The number of aromatic nitrogens is 1. The summed E-state index contributed by atoms with van der Waals surface area (Å²) in [5.74, 6) is -0.658. The minimum Gasteiger partial charge on any atom is -0.378 e. The van der Waals surface area contributed by atoms with Crippen LogP contribution >= 0.6 is 0 Å². The van der Waals surface area contributed by atoms with Gasteiger partial charge in [-0.3, -0.25) is 14.6 Å². The van der Waals surface area contributed by atoms with Crippen LogP contribution in [-0.2, 0) is 0 Å². The number of carbonyl (C=O) groups excluding carboxylic acids is 2. The van der Waals surface area contributed by atoms with Gasteiger partial charge in [0, 0.05) is 42.9 Å². The summed E-state index contributed by atoms with van der Waals surface area (Å²) >= 11 is 0. The Morgan fingerprint density at radius 3 is 2.31 bits per heavy atom. The van der Waals surface area contributed by atoms with E-state index in [1.807, 2.05) is 75.3 Å². The van der Waals surface area contributed by atoms with Crippen molar-refractivity contribution in [3.63, 3.8) is 0 Å². The van der Waals surface area contributed by atoms with Gasteiger partial charge in [0.1, 0.15) is 5.69 Å². The average Bonchev–Trinajstić information content (AvgIpc) is 2.72. The van der Waals surface area contributed by atoms with E-state index < -0.39 is 0 Å². The normalized spacial score (nSPS) is 10.3. The fourth-order valence-electron chi connectivity index (χ4n) is 2.81. The zero-order chi connectivity index (χ0) is 21.0. The fraction of sp³-hybridized carbons (Fsp3) is 0.174. The summed E-state index contributed by atoms with van der Waals surface area (Å²) in [6, 6.07) is 16.3. The molecule has 6 heteroatoms. The highest BCUT2D eigenvalue weighted by molar-refractivity contribution is 6.08. The maximum absolute atomic E-state index is 12.6. The van der Waals surface area contributed by atoms with E-state index in [4.69, 9.17) is 0 Å². The number of aryl methyl sites for hydroxylation is 1. The lowest BCUT2D eigenvalue weighted by atomic mass is 10.1. The summed E-state index contributed by atoms with van der Waals surface area (Å²) in [7, 11) is 3.90. The number of benzene rings is 2. The molecule has 0 unspecified atom stereocenters. The highest BCUT2D eigenvalue weighted by atomic mass is 16.2. The maximum atomic E-state index is 12.6. The monoisotopic (exact) mass is 388 g/mol. The first kappa shape index (κ1) is 20.1. The van der Waals surface area contributed by atoms with Crippen LogP contribution in [-0.4, -0.2) is 30.9 Å². The molecule has 0 fully saturated rings. The number of amides is 2. The molecule has 1 heterocycles. The van der Waals surface area contributed by atoms with Crippen LogP contribution in [0, 0.1) is 13.8 Å². The van der Waals surface area contributed by atoms with Crippen LogP contribution in [0.2, 0.25) is 0 Å². The van der Waals surface area contributed by atoms with Gasteiger partial charge in [-0.05, 0) is 67.4 Å². The minimum atomic E-state index is -0.371. The summed E-state index contributed by atoms with van der Waals surface area (Å²) in [6.07, 6.45) is 1.46. The third-order valence-electron chi connectivity index (χ3n) is 4.75. The Labute approximate surface area is 170 Å². The van der Waals surface area contributed by atoms with Crippen molar-refractivity contribution in [2.75, 3.05) is 29.6 Å². The van der Waals surface area contributed by atoms with E-state index in [1.54, 1.807) is 6.07 Å². The molecular weight excluding hydrogens is 364 g/mol. The molecule has 148 valence electrons. The summed E-state index contributed by atoms with van der Waals surface area (Å²) in [6.45, 7) is 3.95. The van der Waals surface area contributed by atoms with Gasteiger partial charge in [0.2, 0.25) is 0 Å². The molecule has 2 aromatic carbocycles. The number of pyridine rings is 1. The van der Waals surface area contributed by atoms with Crippen molar-refractivity contribution in [3.05, 3.63) is 83.2 Å². The summed E-state index contributed by atoms with van der Waals surface area (Å²) in [4.78, 5) is 31.3. The second-order valence-corrected chi connectivity index (χ2v) is 7.03. The summed E-state index contributed by atoms with van der Waals surface area (Å²) < 4.78 is 0. The standard InChI is InChI=1S/C23H24N4O2/c1-15-6-5-7-20(16(15)2)26-22(28)17-12-13-24-21(14-17)23(29)25-18-8-10-19(11-9-18)27(3)4/h5-14H,1-4H3,(H,25,29)(H,26,28). The lowest BCUT2D eigenvalue weighted by Crippen LogP contribution is -2.17. The number of anilines is 3. The highest BCUT2D eigenvalue weighted by Gasteiger charge is 2.13. The molecule has 6 nitrogen and oxygen atoms in total. The van der Waals surface area contributed by atoms with Crippen LogP contribution in [0.25, 0.3) is 0 Å². The number of rotatable bonds is 5. The van der Waals surface area contributed by atoms with Gasteiger partial charge in [-0.25, -0.2) is 0 Å². The second-order valence-electron chi connectivity index (χ2n) is 7.03. The van der Waals surface area contributed by atoms with Crippen molar-refractivity contribution in [2.24, 2.45) is 0 Å². The third-order valence-corrected chi connectivity index (χ3v) is 4.75. The second kappa shape index (κ2) is 8.56. The van der Waals surface area contributed by atoms with Gasteiger partial charge < -0.3 is 15.5 Å². The maximum Gasteiger partial charge on any atom is 0.274 e. The van der Waals surface area contributed by atoms with Gasteiger partial charge >= 0.3 is 0 Å². The predicted octanol–water partition coefficient (Wildman–Crippen LogP) is 4.27. The van der Waals surface area contributed by atoms with Crippen LogP contribution in [0.4, 0.5) is 17.1 Å². The van der Waals surface area contributed by atoms with E-state index in [1.165, 1.54) is 12.3 Å². The quantitative estimate of drug-likeness (QED) is 0.685. The Balaban J connectivity index is 1.73. The SMILES string of the molecule is Cc1cccc(NC(=O)c2ccnc(C(=O)Nc3ccc(N(C)C)cc3)c2)c1C. The molecule has 0 radical (unpaired) electrons. The lowest BCUT2D eigenvalue weighted by molar-refractivity contribution is 0.102. The Hall–Kier alpha value is -3.67. The number of nitrogens with zero attached hydrogens (tertiary/aromatic N) is 2. The molecule has 0 saturated carbocycles. The van der Waals surface area contributed by atoms with Crippen LogP contribution < -0.4 is 15.5 Å². The number of carbonyl (C=O) groups is 2. The lowest BCUT2D eigenvalue weighted by Gasteiger charge is -2.13. The first-order valence-corrected chi connectivity index (χ1v) is 9.27. The molecule has 2 N–H and O–H groups in total. The van der Waals surface area contributed by atoms with E-state index >= 15 is 0 Å². The molecule has 0 saturated heterocycles. The first-order chi connectivity index (χ1) is 13.8. The van der Waals surface area contributed by atoms with Gasteiger partial charge in [0.15, 0.2) is 0 Å². The zero-order valence-corrected chi connectivity index (χ0v) is 17.0. The molecule has 0 bridgehead atoms. The summed E-state index contributed by atoms with van der Waals surface area (Å²) in [5.41, 5.74) is 5.09. The van der Waals surface area contributed by atoms with Gasteiger partial charge in [0.05, 0.1) is 0 Å².